The smallest absolute Gasteiger partial charge is 0.545 e. The largest absolute Gasteiger partial charge is 1.00 e. The molecule has 2 aromatic carbocycles. The molecule has 0 heterocycles. The minimum Gasteiger partial charge on any atom is -0.545 e. The predicted octanol–water partition coefficient (Wildman–Crippen LogP) is -20.3. The normalized spacial score (nSPS) is 8.67. The van der Waals surface area contributed by atoms with Crippen molar-refractivity contribution in [2.75, 3.05) is 0 Å². The Morgan fingerprint density at radius 3 is 1.23 bits per heavy atom. The van der Waals surface area contributed by atoms with Crippen molar-refractivity contribution in [1.29, 1.82) is 0 Å². The van der Waals surface area contributed by atoms with E-state index in [0.717, 1.165) is 0 Å². The van der Waals surface area contributed by atoms with Crippen LogP contribution >= 0.6 is 0 Å². The molecule has 0 aliphatic carbocycles. The summed E-state index contributed by atoms with van der Waals surface area (Å²) in [6.07, 6.45) is 0. The van der Waals surface area contributed by atoms with E-state index in [9.17, 15) is 49.5 Å². The molecule has 2 aromatic rings. The molecule has 0 saturated carbocycles. The molecule has 0 N–H and O–H groups in total. The van der Waals surface area contributed by atoms with Gasteiger partial charge in [0.2, 0.25) is 0 Å². The third-order valence-corrected chi connectivity index (χ3v) is 3.37. The van der Waals surface area contributed by atoms with Gasteiger partial charge < -0.3 is 49.5 Å². The van der Waals surface area contributed by atoms with Crippen molar-refractivity contribution in [1.82, 2.24) is 0 Å². The Balaban J connectivity index is -0.000000676. The van der Waals surface area contributed by atoms with Crippen LogP contribution in [0.25, 0.3) is 10.8 Å². The Hall–Kier alpha value is 1.05. The van der Waals surface area contributed by atoms with Crippen LogP contribution in [-0.2, 0) is 0 Å². The summed E-state index contributed by atoms with van der Waals surface area (Å²) in [5.41, 5.74) is -5.49. The molecule has 2 rings (SSSR count). The summed E-state index contributed by atoms with van der Waals surface area (Å²) in [5, 5.41) is 54.3. The fourth-order valence-electron chi connectivity index (χ4n) is 2.45. The van der Waals surface area contributed by atoms with E-state index in [-0.39, 0.29) is 154 Å². The van der Waals surface area contributed by atoms with Crippen molar-refractivity contribution < 1.29 is 197 Å². The fourth-order valence-corrected chi connectivity index (χ4v) is 2.45. The van der Waals surface area contributed by atoms with Gasteiger partial charge in [0.1, 0.15) is 0 Å². The molecule has 0 atom stereocenters. The van der Waals surface area contributed by atoms with Crippen molar-refractivity contribution in [2.24, 2.45) is 0 Å². The first-order valence-corrected chi connectivity index (χ1v) is 6.28. The number of fused-ring (bicyclic) bond motifs is 1. The zero-order valence-electron chi connectivity index (χ0n) is 16.8. The van der Waals surface area contributed by atoms with Gasteiger partial charge in [-0.15, -0.1) is 0 Å². The summed E-state index contributed by atoms with van der Waals surface area (Å²) in [5.74, 6) is -10.4. The minimum absolute atomic E-state index is 0. The van der Waals surface area contributed by atoms with Crippen molar-refractivity contribution in [3.05, 3.63) is 46.0 Å². The zero-order chi connectivity index (χ0) is 19.0. The van der Waals surface area contributed by atoms with E-state index in [2.05, 4.69) is 0 Å². The van der Waals surface area contributed by atoms with E-state index in [1.165, 1.54) is 0 Å². The van der Waals surface area contributed by atoms with Crippen LogP contribution in [0.1, 0.15) is 51.8 Å². The van der Waals surface area contributed by atoms with Crippen LogP contribution in [-0.4, -0.2) is 29.8 Å². The van der Waals surface area contributed by atoms with E-state index in [4.69, 9.17) is 0 Å². The summed E-state index contributed by atoms with van der Waals surface area (Å²) in [7, 11) is 0. The predicted molar refractivity (Wildman–Crippen MR) is 65.6 cm³/mol. The van der Waals surface area contributed by atoms with E-state index in [1.807, 2.05) is 0 Å². The molecule has 0 fully saturated rings. The van der Waals surface area contributed by atoms with Gasteiger partial charge in [-0.05, 0) is 11.5 Å². The van der Waals surface area contributed by atoms with Gasteiger partial charge >= 0.3 is 148 Å². The Morgan fingerprint density at radius 2 is 0.900 bits per heavy atom. The number of carboxylic acids is 5. The van der Waals surface area contributed by atoms with Crippen LogP contribution in [0.2, 0.25) is 0 Å². The Bertz CT molecular complexity index is 1010. The van der Waals surface area contributed by atoms with Gasteiger partial charge in [0, 0.05) is 33.2 Å². The maximum absolute atomic E-state index is 11.3. The molecule has 0 bridgehead atoms. The Morgan fingerprint density at radius 1 is 0.500 bits per heavy atom. The minimum atomic E-state index is -2.15. The first kappa shape index (κ1) is 38.3. The number of rotatable bonds is 5. The van der Waals surface area contributed by atoms with Gasteiger partial charge in [-0.25, -0.2) is 0 Å². The van der Waals surface area contributed by atoms with Crippen molar-refractivity contribution in [3.63, 3.8) is 0 Å². The molecule has 30 heavy (non-hydrogen) atoms. The van der Waals surface area contributed by atoms with Crippen LogP contribution in [0.4, 0.5) is 0 Å². The first-order chi connectivity index (χ1) is 11.6. The molecule has 10 nitrogen and oxygen atoms in total. The Labute approximate surface area is 279 Å². The number of benzene rings is 2. The van der Waals surface area contributed by atoms with Crippen molar-refractivity contribution in [2.45, 2.75) is 0 Å². The van der Waals surface area contributed by atoms with E-state index < -0.39 is 68.4 Å². The quantitative estimate of drug-likeness (QED) is 0.387. The second-order valence-corrected chi connectivity index (χ2v) is 4.69. The molecule has 0 amide bonds. The number of carbonyl (C=O) groups is 5. The van der Waals surface area contributed by atoms with E-state index >= 15 is 0 Å². The standard InChI is InChI=1S/C15H8O10.5Na/c16-11(17)5-2-1-4-8(10(5)15(24)25)6(12(18)19)3-7(13(20)21)9(4)14(22)23;;;;;/h1-3H,(H,16,17)(H,18,19)(H,20,21)(H,22,23)(H,24,25);;;;;/q;5*+1/p-5. The summed E-state index contributed by atoms with van der Waals surface area (Å²) in [4.78, 5) is 56.0. The number of aromatic carboxylic acids is 5. The van der Waals surface area contributed by atoms with Gasteiger partial charge in [-0.1, -0.05) is 12.1 Å². The summed E-state index contributed by atoms with van der Waals surface area (Å²) < 4.78 is 0. The third-order valence-electron chi connectivity index (χ3n) is 3.37. The monoisotopic (exact) mass is 458 g/mol. The van der Waals surface area contributed by atoms with Crippen LogP contribution in [0.15, 0.2) is 18.2 Å². The SMILES string of the molecule is O=C([O-])c1cc(C(=O)[O-])c2c(C(=O)[O-])c(C(=O)[O-])ccc2c1C(=O)[O-].[Na+].[Na+].[Na+].[Na+].[Na+]. The maximum atomic E-state index is 11.3. The average Bonchev–Trinajstić information content (AvgIpc) is 2.50. The number of carbonyl (C=O) groups excluding carboxylic acids is 5. The zero-order valence-corrected chi connectivity index (χ0v) is 26.8. The first-order valence-electron chi connectivity index (χ1n) is 6.28. The molecule has 15 heteroatoms. The van der Waals surface area contributed by atoms with Gasteiger partial charge in [-0.3, -0.25) is 0 Å². The molecular formula is C15H3Na5O10. The number of carboxylic acid groups (broad SMARTS) is 5. The van der Waals surface area contributed by atoms with Gasteiger partial charge in [0.15, 0.2) is 0 Å². The molecule has 0 aromatic heterocycles. The summed E-state index contributed by atoms with van der Waals surface area (Å²) in [6.45, 7) is 0. The summed E-state index contributed by atoms with van der Waals surface area (Å²) in [6, 6.07) is 1.59. The van der Waals surface area contributed by atoms with Gasteiger partial charge in [-0.2, -0.15) is 0 Å². The molecular weight excluding hydrogens is 455 g/mol. The maximum Gasteiger partial charge on any atom is 1.00 e. The molecule has 0 aliphatic rings. The van der Waals surface area contributed by atoms with Crippen LogP contribution in [0, 0.1) is 0 Å². The van der Waals surface area contributed by atoms with E-state index in [0.29, 0.717) is 12.1 Å². The molecule has 0 aliphatic heterocycles. The molecule has 0 unspecified atom stereocenters. The molecule has 0 saturated heterocycles. The van der Waals surface area contributed by atoms with Crippen molar-refractivity contribution >= 4 is 40.6 Å². The van der Waals surface area contributed by atoms with Gasteiger partial charge in [0.05, 0.1) is 29.8 Å². The number of hydrogen-bond donors (Lipinski definition) is 0. The van der Waals surface area contributed by atoms with Crippen molar-refractivity contribution in [3.8, 4) is 0 Å². The fraction of sp³-hybridized carbons (Fsp3) is 0. The molecule has 0 radical (unpaired) electrons. The second kappa shape index (κ2) is 15.8. The third kappa shape index (κ3) is 7.82. The number of hydrogen-bond acceptors (Lipinski definition) is 10. The summed E-state index contributed by atoms with van der Waals surface area (Å²) >= 11 is 0. The average molecular weight is 458 g/mol. The molecule has 0 spiro atoms. The molecule has 128 valence electrons. The van der Waals surface area contributed by atoms with Crippen LogP contribution in [0.3, 0.4) is 0 Å². The topological polar surface area (TPSA) is 201 Å². The van der Waals surface area contributed by atoms with Crippen LogP contribution < -0.4 is 173 Å². The van der Waals surface area contributed by atoms with E-state index in [1.54, 1.807) is 0 Å². The Kier molecular flexibility index (Phi) is 20.2. The second-order valence-electron chi connectivity index (χ2n) is 4.69. The van der Waals surface area contributed by atoms with Crippen LogP contribution in [0.5, 0.6) is 0 Å². The van der Waals surface area contributed by atoms with Gasteiger partial charge in [0.25, 0.3) is 0 Å².